The maximum Gasteiger partial charge on any atom is 0.415 e. The van der Waals surface area contributed by atoms with E-state index in [4.69, 9.17) is 25.8 Å². The van der Waals surface area contributed by atoms with Gasteiger partial charge in [-0.25, -0.2) is 4.79 Å². The van der Waals surface area contributed by atoms with E-state index in [0.29, 0.717) is 41.9 Å². The van der Waals surface area contributed by atoms with Gasteiger partial charge < -0.3 is 23.7 Å². The molecule has 7 heteroatoms. The minimum Gasteiger partial charge on any atom is -0.454 e. The largest absolute Gasteiger partial charge is 0.454 e. The molecule has 0 atom stereocenters. The van der Waals surface area contributed by atoms with E-state index < -0.39 is 0 Å². The van der Waals surface area contributed by atoms with Crippen LogP contribution in [0.25, 0.3) is 22.0 Å². The van der Waals surface area contributed by atoms with E-state index in [0.717, 1.165) is 38.7 Å². The lowest BCUT2D eigenvalue weighted by atomic mass is 9.97. The van der Waals surface area contributed by atoms with Gasteiger partial charge in [-0.15, -0.1) is 0 Å². The molecule has 0 N–H and O–H groups in total. The lowest BCUT2D eigenvalue weighted by Gasteiger charge is -2.20. The third-order valence-electron chi connectivity index (χ3n) is 6.53. The van der Waals surface area contributed by atoms with Crippen molar-refractivity contribution in [2.24, 2.45) is 0 Å². The van der Waals surface area contributed by atoms with E-state index in [1.165, 1.54) is 0 Å². The van der Waals surface area contributed by atoms with Crippen molar-refractivity contribution < 1.29 is 19.0 Å². The van der Waals surface area contributed by atoms with E-state index >= 15 is 0 Å². The molecular formula is C29H29ClN2O4. The van der Waals surface area contributed by atoms with Crippen molar-refractivity contribution in [3.63, 3.8) is 0 Å². The molecule has 2 heterocycles. The zero-order valence-corrected chi connectivity index (χ0v) is 21.7. The van der Waals surface area contributed by atoms with Crippen LogP contribution in [-0.4, -0.2) is 35.4 Å². The van der Waals surface area contributed by atoms with Crippen molar-refractivity contribution in [2.45, 2.75) is 34.2 Å². The van der Waals surface area contributed by atoms with E-state index in [9.17, 15) is 4.79 Å². The number of ether oxygens (including phenoxy) is 3. The maximum atomic E-state index is 12.9. The molecule has 0 spiro atoms. The predicted molar refractivity (Wildman–Crippen MR) is 142 cm³/mol. The Labute approximate surface area is 215 Å². The Morgan fingerprint density at radius 3 is 2.39 bits per heavy atom. The number of benzene rings is 3. The van der Waals surface area contributed by atoms with Gasteiger partial charge in [0.05, 0.1) is 0 Å². The second-order valence-electron chi connectivity index (χ2n) is 9.03. The molecule has 5 rings (SSSR count). The smallest absolute Gasteiger partial charge is 0.415 e. The highest BCUT2D eigenvalue weighted by atomic mass is 35.5. The zero-order chi connectivity index (χ0) is 25.4. The monoisotopic (exact) mass is 504 g/mol. The van der Waals surface area contributed by atoms with Crippen LogP contribution in [0.15, 0.2) is 54.7 Å². The first-order valence-electron chi connectivity index (χ1n) is 12.1. The van der Waals surface area contributed by atoms with Crippen LogP contribution < -0.4 is 14.2 Å². The highest BCUT2D eigenvalue weighted by Crippen LogP contribution is 2.40. The number of nitrogens with zero attached hydrogens (tertiary/aromatic N) is 2. The molecule has 1 amide bonds. The molecule has 36 heavy (non-hydrogen) atoms. The third kappa shape index (κ3) is 4.49. The fourth-order valence-electron chi connectivity index (χ4n) is 4.80. The van der Waals surface area contributed by atoms with Crippen LogP contribution in [0.5, 0.6) is 17.2 Å². The van der Waals surface area contributed by atoms with Crippen LogP contribution in [0.4, 0.5) is 4.79 Å². The van der Waals surface area contributed by atoms with Gasteiger partial charge in [-0.05, 0) is 63.1 Å². The Kier molecular flexibility index (Phi) is 6.54. The van der Waals surface area contributed by atoms with Gasteiger partial charge in [-0.1, -0.05) is 40.9 Å². The van der Waals surface area contributed by atoms with Crippen LogP contribution in [0.3, 0.4) is 0 Å². The first-order chi connectivity index (χ1) is 17.4. The fraction of sp³-hybridized carbons (Fsp3) is 0.276. The van der Waals surface area contributed by atoms with Gasteiger partial charge in [0.1, 0.15) is 5.75 Å². The van der Waals surface area contributed by atoms with Gasteiger partial charge in [-0.2, -0.15) is 0 Å². The molecule has 1 aliphatic heterocycles. The van der Waals surface area contributed by atoms with Gasteiger partial charge in [-0.3, -0.25) is 0 Å². The molecule has 186 valence electrons. The van der Waals surface area contributed by atoms with E-state index in [-0.39, 0.29) is 12.9 Å². The Morgan fingerprint density at radius 2 is 1.69 bits per heavy atom. The summed E-state index contributed by atoms with van der Waals surface area (Å²) in [5.74, 6) is 1.91. The molecule has 0 aliphatic carbocycles. The second kappa shape index (κ2) is 9.78. The molecule has 1 aromatic heterocycles. The summed E-state index contributed by atoms with van der Waals surface area (Å²) in [4.78, 5) is 14.5. The number of fused-ring (bicyclic) bond motifs is 2. The molecule has 0 radical (unpaired) electrons. The van der Waals surface area contributed by atoms with Gasteiger partial charge in [0, 0.05) is 53.4 Å². The van der Waals surface area contributed by atoms with Crippen molar-refractivity contribution in [1.29, 1.82) is 0 Å². The summed E-state index contributed by atoms with van der Waals surface area (Å²) in [6, 6.07) is 16.1. The van der Waals surface area contributed by atoms with Crippen molar-refractivity contribution in [1.82, 2.24) is 9.47 Å². The quantitative estimate of drug-likeness (QED) is 0.278. The first kappa shape index (κ1) is 24.1. The van der Waals surface area contributed by atoms with Crippen LogP contribution in [0.1, 0.15) is 30.5 Å². The van der Waals surface area contributed by atoms with Gasteiger partial charge >= 0.3 is 6.09 Å². The number of carbonyl (C=O) groups is 1. The molecule has 0 bridgehead atoms. The molecule has 0 fully saturated rings. The Hall–Kier alpha value is -3.64. The van der Waals surface area contributed by atoms with E-state index in [2.05, 4.69) is 42.7 Å². The average Bonchev–Trinajstić information content (AvgIpc) is 3.46. The lowest BCUT2D eigenvalue weighted by Crippen LogP contribution is -2.33. The van der Waals surface area contributed by atoms with Crippen LogP contribution in [0, 0.1) is 13.8 Å². The molecular weight excluding hydrogens is 476 g/mol. The minimum absolute atomic E-state index is 0.204. The molecule has 4 aromatic rings. The number of hydrogen-bond donors (Lipinski definition) is 0. The number of rotatable bonds is 6. The maximum absolute atomic E-state index is 12.9. The van der Waals surface area contributed by atoms with Crippen molar-refractivity contribution in [3.8, 4) is 28.4 Å². The summed E-state index contributed by atoms with van der Waals surface area (Å²) >= 11 is 6.57. The number of carbonyl (C=O) groups excluding carboxylic acids is 1. The van der Waals surface area contributed by atoms with E-state index in [1.807, 2.05) is 38.2 Å². The average molecular weight is 505 g/mol. The number of aryl methyl sites for hydroxylation is 2. The summed E-state index contributed by atoms with van der Waals surface area (Å²) in [6.45, 7) is 9.97. The van der Waals surface area contributed by atoms with Crippen LogP contribution in [0.2, 0.25) is 5.02 Å². The lowest BCUT2D eigenvalue weighted by molar-refractivity contribution is 0.157. The Morgan fingerprint density at radius 1 is 1.00 bits per heavy atom. The Balaban J connectivity index is 1.61. The molecule has 0 saturated heterocycles. The molecule has 0 unspecified atom stereocenters. The predicted octanol–water partition coefficient (Wildman–Crippen LogP) is 7.20. The molecule has 3 aromatic carbocycles. The van der Waals surface area contributed by atoms with Gasteiger partial charge in [0.2, 0.25) is 6.79 Å². The van der Waals surface area contributed by atoms with Crippen molar-refractivity contribution in [3.05, 3.63) is 76.4 Å². The molecule has 1 aliphatic rings. The first-order valence-corrected chi connectivity index (χ1v) is 12.5. The number of halogens is 1. The number of amides is 1. The summed E-state index contributed by atoms with van der Waals surface area (Å²) in [7, 11) is 0. The van der Waals surface area contributed by atoms with Crippen LogP contribution in [-0.2, 0) is 6.54 Å². The highest BCUT2D eigenvalue weighted by molar-refractivity contribution is 6.31. The number of hydrogen-bond acceptors (Lipinski definition) is 4. The number of aromatic nitrogens is 1. The van der Waals surface area contributed by atoms with E-state index in [1.54, 1.807) is 11.0 Å². The molecule has 0 saturated carbocycles. The summed E-state index contributed by atoms with van der Waals surface area (Å²) in [5.41, 5.74) is 6.16. The summed E-state index contributed by atoms with van der Waals surface area (Å²) in [5, 5.41) is 1.63. The zero-order valence-electron chi connectivity index (χ0n) is 20.9. The van der Waals surface area contributed by atoms with Gasteiger partial charge in [0.15, 0.2) is 11.5 Å². The van der Waals surface area contributed by atoms with Crippen molar-refractivity contribution >= 4 is 28.6 Å². The topological polar surface area (TPSA) is 52.9 Å². The molecule has 6 nitrogen and oxygen atoms in total. The standard InChI is InChI=1S/C29H29ClN2O4/c1-5-31(6-2)29(33)36-25-8-7-24-22(28(25)20-12-18(3)11-19(4)13-20)9-10-32(24)16-21-14-26-27(15-23(21)30)35-17-34-26/h7-15H,5-6,16-17H2,1-4H3. The normalized spacial score (nSPS) is 12.2. The SMILES string of the molecule is CCN(CC)C(=O)Oc1ccc2c(ccn2Cc2cc3c(cc2Cl)OCO3)c1-c1cc(C)cc(C)c1. The summed E-state index contributed by atoms with van der Waals surface area (Å²) in [6.07, 6.45) is 1.69. The highest BCUT2D eigenvalue weighted by Gasteiger charge is 2.21. The van der Waals surface area contributed by atoms with Gasteiger partial charge in [0.25, 0.3) is 0 Å². The Bertz CT molecular complexity index is 1440. The van der Waals surface area contributed by atoms with Crippen LogP contribution >= 0.6 is 11.6 Å². The van der Waals surface area contributed by atoms with Crippen molar-refractivity contribution in [2.75, 3.05) is 19.9 Å². The second-order valence-corrected chi connectivity index (χ2v) is 9.44. The summed E-state index contributed by atoms with van der Waals surface area (Å²) < 4.78 is 19.1. The third-order valence-corrected chi connectivity index (χ3v) is 6.88. The minimum atomic E-state index is -0.350. The fourth-order valence-corrected chi connectivity index (χ4v) is 5.01.